The van der Waals surface area contributed by atoms with Gasteiger partial charge in [-0.2, -0.15) is 0 Å². The number of amides is 1. The van der Waals surface area contributed by atoms with Crippen molar-refractivity contribution in [1.29, 1.82) is 0 Å². The Morgan fingerprint density at radius 1 is 1.19 bits per heavy atom. The molecule has 6 heteroatoms. The maximum atomic E-state index is 12.6. The molecule has 140 valence electrons. The largest absolute Gasteiger partial charge is 0.339 e. The number of imidazole rings is 1. The molecule has 0 spiro atoms. The van der Waals surface area contributed by atoms with Crippen LogP contribution >= 0.6 is 11.8 Å². The summed E-state index contributed by atoms with van der Waals surface area (Å²) in [4.78, 5) is 21.5. The van der Waals surface area contributed by atoms with E-state index in [-0.39, 0.29) is 5.91 Å². The van der Waals surface area contributed by atoms with Crippen molar-refractivity contribution in [2.75, 3.05) is 31.9 Å². The van der Waals surface area contributed by atoms with Gasteiger partial charge in [0.2, 0.25) is 5.91 Å². The van der Waals surface area contributed by atoms with Gasteiger partial charge >= 0.3 is 0 Å². The molecule has 0 N–H and O–H groups in total. The minimum Gasteiger partial charge on any atom is -0.339 e. The zero-order valence-electron chi connectivity index (χ0n) is 16.1. The number of thioether (sulfide) groups is 1. The highest BCUT2D eigenvalue weighted by Gasteiger charge is 2.22. The molecular weight excluding hydrogens is 344 g/mol. The van der Waals surface area contributed by atoms with E-state index in [1.165, 1.54) is 22.9 Å². The van der Waals surface area contributed by atoms with Crippen LogP contribution in [-0.4, -0.2) is 63.2 Å². The summed E-state index contributed by atoms with van der Waals surface area (Å²) in [6.07, 6.45) is 3.77. The Bertz CT molecular complexity index is 763. The first-order valence-electron chi connectivity index (χ1n) is 9.22. The maximum Gasteiger partial charge on any atom is 0.233 e. The Hall–Kier alpha value is -1.79. The molecule has 0 aliphatic carbocycles. The number of hydrogen-bond acceptors (Lipinski definition) is 4. The zero-order chi connectivity index (χ0) is 18.7. The van der Waals surface area contributed by atoms with E-state index < -0.39 is 0 Å². The fourth-order valence-electron chi connectivity index (χ4n) is 3.28. The molecular formula is C20H28N4OS. The summed E-state index contributed by atoms with van der Waals surface area (Å²) in [7, 11) is 0. The second-order valence-electron chi connectivity index (χ2n) is 7.10. The molecule has 26 heavy (non-hydrogen) atoms. The predicted octanol–water partition coefficient (Wildman–Crippen LogP) is 3.13. The number of piperazine rings is 1. The Morgan fingerprint density at radius 2 is 1.92 bits per heavy atom. The highest BCUT2D eigenvalue weighted by atomic mass is 32.2. The van der Waals surface area contributed by atoms with Crippen molar-refractivity contribution in [1.82, 2.24) is 19.4 Å². The molecule has 1 saturated heterocycles. The molecule has 0 atom stereocenters. The van der Waals surface area contributed by atoms with Gasteiger partial charge in [-0.1, -0.05) is 23.9 Å². The molecule has 5 nitrogen and oxygen atoms in total. The first-order chi connectivity index (χ1) is 12.5. The lowest BCUT2D eigenvalue weighted by Gasteiger charge is -2.36. The lowest BCUT2D eigenvalue weighted by atomic mass is 10.1. The van der Waals surface area contributed by atoms with Crippen LogP contribution in [0.3, 0.4) is 0 Å². The summed E-state index contributed by atoms with van der Waals surface area (Å²) >= 11 is 1.52. The minimum absolute atomic E-state index is 0.203. The number of rotatable bonds is 5. The number of benzene rings is 1. The van der Waals surface area contributed by atoms with Gasteiger partial charge in [0.25, 0.3) is 0 Å². The predicted molar refractivity (Wildman–Crippen MR) is 107 cm³/mol. The number of aryl methyl sites for hydroxylation is 1. The van der Waals surface area contributed by atoms with Gasteiger partial charge in [0, 0.05) is 44.6 Å². The Balaban J connectivity index is 1.62. The van der Waals surface area contributed by atoms with Crippen LogP contribution in [0.15, 0.2) is 35.7 Å². The highest BCUT2D eigenvalue weighted by Crippen LogP contribution is 2.24. The number of hydrogen-bond donors (Lipinski definition) is 0. The van der Waals surface area contributed by atoms with Gasteiger partial charge in [-0.05, 0) is 44.9 Å². The average molecular weight is 373 g/mol. The molecule has 0 bridgehead atoms. The molecule has 1 fully saturated rings. The summed E-state index contributed by atoms with van der Waals surface area (Å²) in [5.74, 6) is 0.637. The minimum atomic E-state index is 0.203. The number of carbonyl (C=O) groups is 1. The topological polar surface area (TPSA) is 41.4 Å². The summed E-state index contributed by atoms with van der Waals surface area (Å²) in [5, 5.41) is 0.868. The molecule has 1 amide bonds. The lowest BCUT2D eigenvalue weighted by Crippen LogP contribution is -2.51. The van der Waals surface area contributed by atoms with Crippen molar-refractivity contribution in [3.05, 3.63) is 41.7 Å². The third-order valence-corrected chi connectivity index (χ3v) is 6.12. The molecule has 2 aromatic rings. The van der Waals surface area contributed by atoms with Gasteiger partial charge in [-0.3, -0.25) is 14.3 Å². The third kappa shape index (κ3) is 4.13. The van der Waals surface area contributed by atoms with Gasteiger partial charge in [0.15, 0.2) is 5.16 Å². The van der Waals surface area contributed by atoms with E-state index in [0.29, 0.717) is 11.8 Å². The SMILES string of the molecule is Cc1cccc(-n2ccnc2SCC(=O)N2CCN(C(C)C)CC2)c1C. The molecule has 0 radical (unpaired) electrons. The van der Waals surface area contributed by atoms with E-state index in [4.69, 9.17) is 0 Å². The normalized spacial score (nSPS) is 15.7. The van der Waals surface area contributed by atoms with E-state index in [0.717, 1.165) is 37.0 Å². The first kappa shape index (κ1) is 19.0. The van der Waals surface area contributed by atoms with E-state index in [2.05, 4.69) is 60.3 Å². The molecule has 2 heterocycles. The van der Waals surface area contributed by atoms with E-state index in [1.54, 1.807) is 6.20 Å². The molecule has 1 aliphatic heterocycles. The van der Waals surface area contributed by atoms with Gasteiger partial charge < -0.3 is 4.90 Å². The van der Waals surface area contributed by atoms with Crippen LogP contribution in [0.25, 0.3) is 5.69 Å². The van der Waals surface area contributed by atoms with E-state index >= 15 is 0 Å². The number of carbonyl (C=O) groups excluding carboxylic acids is 1. The molecule has 1 aliphatic rings. The highest BCUT2D eigenvalue weighted by molar-refractivity contribution is 7.99. The van der Waals surface area contributed by atoms with Crippen LogP contribution in [0.5, 0.6) is 0 Å². The van der Waals surface area contributed by atoms with Crippen LogP contribution in [0.2, 0.25) is 0 Å². The van der Waals surface area contributed by atoms with Gasteiger partial charge in [0.1, 0.15) is 0 Å². The standard InChI is InChI=1S/C20H28N4OS/c1-15(2)22-10-12-23(13-11-22)19(25)14-26-20-21-8-9-24(20)18-7-5-6-16(3)17(18)4/h5-9,15H,10-14H2,1-4H3. The Kier molecular flexibility index (Phi) is 6.04. The first-order valence-corrected chi connectivity index (χ1v) is 10.2. The van der Waals surface area contributed by atoms with Crippen molar-refractivity contribution in [3.63, 3.8) is 0 Å². The summed E-state index contributed by atoms with van der Waals surface area (Å²) in [6, 6.07) is 6.82. The van der Waals surface area contributed by atoms with Crippen molar-refractivity contribution < 1.29 is 4.79 Å². The third-order valence-electron chi connectivity index (χ3n) is 5.16. The average Bonchev–Trinajstić information content (AvgIpc) is 3.10. The fourth-order valence-corrected chi connectivity index (χ4v) is 4.15. The number of aromatic nitrogens is 2. The lowest BCUT2D eigenvalue weighted by molar-refractivity contribution is -0.130. The fraction of sp³-hybridized carbons (Fsp3) is 0.500. The second kappa shape index (κ2) is 8.27. The summed E-state index contributed by atoms with van der Waals surface area (Å²) in [5.41, 5.74) is 3.62. The zero-order valence-corrected chi connectivity index (χ0v) is 16.9. The number of nitrogens with zero attached hydrogens (tertiary/aromatic N) is 4. The van der Waals surface area contributed by atoms with Crippen LogP contribution in [0, 0.1) is 13.8 Å². The van der Waals surface area contributed by atoms with Crippen LogP contribution in [0.1, 0.15) is 25.0 Å². The molecule has 0 saturated carbocycles. The monoisotopic (exact) mass is 372 g/mol. The molecule has 1 aromatic heterocycles. The van der Waals surface area contributed by atoms with Crippen molar-refractivity contribution in [2.24, 2.45) is 0 Å². The van der Waals surface area contributed by atoms with Crippen LogP contribution < -0.4 is 0 Å². The maximum absolute atomic E-state index is 12.6. The van der Waals surface area contributed by atoms with Gasteiger partial charge in [-0.25, -0.2) is 4.98 Å². The van der Waals surface area contributed by atoms with Crippen molar-refractivity contribution in [3.8, 4) is 5.69 Å². The van der Waals surface area contributed by atoms with E-state index in [9.17, 15) is 4.79 Å². The Morgan fingerprint density at radius 3 is 2.62 bits per heavy atom. The van der Waals surface area contributed by atoms with E-state index in [1.807, 2.05) is 11.1 Å². The van der Waals surface area contributed by atoms with Gasteiger partial charge in [0.05, 0.1) is 11.4 Å². The van der Waals surface area contributed by atoms with Crippen molar-refractivity contribution in [2.45, 2.75) is 38.9 Å². The quantitative estimate of drug-likeness (QED) is 0.756. The Labute approximate surface area is 160 Å². The molecule has 3 rings (SSSR count). The molecule has 0 unspecified atom stereocenters. The summed E-state index contributed by atoms with van der Waals surface area (Å²) < 4.78 is 2.08. The second-order valence-corrected chi connectivity index (χ2v) is 8.04. The van der Waals surface area contributed by atoms with Gasteiger partial charge in [-0.15, -0.1) is 0 Å². The smallest absolute Gasteiger partial charge is 0.233 e. The molecule has 1 aromatic carbocycles. The van der Waals surface area contributed by atoms with Crippen LogP contribution in [0.4, 0.5) is 0 Å². The van der Waals surface area contributed by atoms with Crippen LogP contribution in [-0.2, 0) is 4.79 Å². The summed E-state index contributed by atoms with van der Waals surface area (Å²) in [6.45, 7) is 12.2. The van der Waals surface area contributed by atoms with Crippen molar-refractivity contribution >= 4 is 17.7 Å².